The van der Waals surface area contributed by atoms with E-state index in [1.165, 1.54) is 47.4 Å². The van der Waals surface area contributed by atoms with Crippen LogP contribution in [0, 0.1) is 0 Å². The zero-order valence-electron chi connectivity index (χ0n) is 17.2. The molecule has 1 fully saturated rings. The molecule has 1 aliphatic rings. The maximum absolute atomic E-state index is 12.9. The summed E-state index contributed by atoms with van der Waals surface area (Å²) in [6.45, 7) is 1.78. The number of aromatic hydroxyl groups is 1. The van der Waals surface area contributed by atoms with Gasteiger partial charge in [0.15, 0.2) is 0 Å². The molecular formula is C21H19F3N4O4S. The van der Waals surface area contributed by atoms with Gasteiger partial charge in [0.2, 0.25) is 5.88 Å². The third kappa shape index (κ3) is 5.22. The minimum Gasteiger partial charge on any atom is -0.493 e. The molecule has 1 aliphatic heterocycles. The highest BCUT2D eigenvalue weighted by molar-refractivity contribution is 8.00. The van der Waals surface area contributed by atoms with Crippen molar-refractivity contribution in [3.63, 3.8) is 0 Å². The number of alkyl halides is 3. The highest BCUT2D eigenvalue weighted by atomic mass is 32.2. The number of rotatable bonds is 5. The molecule has 2 aromatic heterocycles. The quantitative estimate of drug-likeness (QED) is 0.565. The molecule has 0 atom stereocenters. The number of nitrogens with zero attached hydrogens (tertiary/aromatic N) is 4. The molecule has 3 aromatic rings. The van der Waals surface area contributed by atoms with E-state index < -0.39 is 11.2 Å². The molecule has 1 saturated heterocycles. The number of hydrogen-bond acceptors (Lipinski definition) is 6. The van der Waals surface area contributed by atoms with Crippen LogP contribution in [0.5, 0.6) is 5.88 Å². The maximum atomic E-state index is 12.9. The zero-order chi connectivity index (χ0) is 23.6. The molecular weight excluding hydrogens is 461 g/mol. The number of pyridine rings is 1. The first-order chi connectivity index (χ1) is 15.7. The number of morpholine rings is 1. The number of hydrogen-bond donors (Lipinski definition) is 1. The lowest BCUT2D eigenvalue weighted by atomic mass is 10.1. The largest absolute Gasteiger partial charge is 0.493 e. The van der Waals surface area contributed by atoms with Crippen LogP contribution in [0.25, 0.3) is 5.69 Å². The van der Waals surface area contributed by atoms with Gasteiger partial charge < -0.3 is 14.7 Å². The SMILES string of the molecule is O=C(c1cnccc1Cn1cc(O)n(-c2ccc(SC(F)(F)F)cc2)c1=O)N1CCOCC1. The summed E-state index contributed by atoms with van der Waals surface area (Å²) in [6, 6.07) is 6.70. The number of halogens is 3. The van der Waals surface area contributed by atoms with Gasteiger partial charge >= 0.3 is 11.2 Å². The summed E-state index contributed by atoms with van der Waals surface area (Å²) in [5.41, 5.74) is -3.94. The minimum atomic E-state index is -4.43. The molecule has 12 heteroatoms. The van der Waals surface area contributed by atoms with Crippen LogP contribution in [-0.2, 0) is 11.3 Å². The van der Waals surface area contributed by atoms with Crippen molar-refractivity contribution < 1.29 is 27.8 Å². The van der Waals surface area contributed by atoms with E-state index in [0.29, 0.717) is 37.4 Å². The molecule has 1 aromatic carbocycles. The molecule has 4 rings (SSSR count). The first kappa shape index (κ1) is 22.9. The van der Waals surface area contributed by atoms with Crippen molar-refractivity contribution >= 4 is 17.7 Å². The lowest BCUT2D eigenvalue weighted by molar-refractivity contribution is -0.0328. The molecule has 0 spiro atoms. The summed E-state index contributed by atoms with van der Waals surface area (Å²) in [4.78, 5) is 31.5. The second-order valence-corrected chi connectivity index (χ2v) is 8.35. The Morgan fingerprint density at radius 3 is 2.52 bits per heavy atom. The summed E-state index contributed by atoms with van der Waals surface area (Å²) >= 11 is -0.269. The monoisotopic (exact) mass is 480 g/mol. The van der Waals surface area contributed by atoms with E-state index in [2.05, 4.69) is 4.98 Å². The molecule has 0 radical (unpaired) electrons. The highest BCUT2D eigenvalue weighted by Gasteiger charge is 2.29. The van der Waals surface area contributed by atoms with Crippen molar-refractivity contribution in [2.45, 2.75) is 16.9 Å². The summed E-state index contributed by atoms with van der Waals surface area (Å²) in [7, 11) is 0. The Hall–Kier alpha value is -3.25. The third-order valence-electron chi connectivity index (χ3n) is 5.05. The highest BCUT2D eigenvalue weighted by Crippen LogP contribution is 2.37. The Morgan fingerprint density at radius 1 is 1.15 bits per heavy atom. The van der Waals surface area contributed by atoms with Gasteiger partial charge in [-0.05, 0) is 47.7 Å². The number of aromatic nitrogens is 3. The van der Waals surface area contributed by atoms with E-state index in [-0.39, 0.29) is 40.7 Å². The first-order valence-corrected chi connectivity index (χ1v) is 10.7. The van der Waals surface area contributed by atoms with Gasteiger partial charge in [-0.15, -0.1) is 0 Å². The van der Waals surface area contributed by atoms with E-state index in [1.54, 1.807) is 11.0 Å². The molecule has 0 saturated carbocycles. The minimum absolute atomic E-state index is 0.00463. The van der Waals surface area contributed by atoms with Crippen LogP contribution in [0.4, 0.5) is 13.2 Å². The van der Waals surface area contributed by atoms with Gasteiger partial charge in [0, 0.05) is 30.4 Å². The molecule has 0 aliphatic carbocycles. The van der Waals surface area contributed by atoms with Crippen LogP contribution < -0.4 is 5.69 Å². The number of carbonyl (C=O) groups is 1. The van der Waals surface area contributed by atoms with Crippen LogP contribution in [0.1, 0.15) is 15.9 Å². The normalized spacial score (nSPS) is 14.5. The summed E-state index contributed by atoms with van der Waals surface area (Å²) in [5.74, 6) is -0.609. The van der Waals surface area contributed by atoms with Crippen LogP contribution in [0.15, 0.2) is 58.6 Å². The van der Waals surface area contributed by atoms with E-state index >= 15 is 0 Å². The van der Waals surface area contributed by atoms with Crippen molar-refractivity contribution in [1.29, 1.82) is 0 Å². The topological polar surface area (TPSA) is 89.6 Å². The van der Waals surface area contributed by atoms with Crippen molar-refractivity contribution in [1.82, 2.24) is 19.0 Å². The van der Waals surface area contributed by atoms with Crippen molar-refractivity contribution in [3.05, 3.63) is 70.5 Å². The second kappa shape index (κ2) is 9.32. The smallest absolute Gasteiger partial charge is 0.446 e. The van der Waals surface area contributed by atoms with Crippen LogP contribution in [0.2, 0.25) is 0 Å². The lowest BCUT2D eigenvalue weighted by Gasteiger charge is -2.27. The molecule has 1 N–H and O–H groups in total. The fourth-order valence-electron chi connectivity index (χ4n) is 3.51. The Morgan fingerprint density at radius 2 is 1.85 bits per heavy atom. The number of imidazole rings is 1. The average Bonchev–Trinajstić information content (AvgIpc) is 3.06. The predicted octanol–water partition coefficient (Wildman–Crippen LogP) is 2.87. The number of ether oxygens (including phenoxy) is 1. The molecule has 0 unspecified atom stereocenters. The van der Waals surface area contributed by atoms with Crippen LogP contribution >= 0.6 is 11.8 Å². The van der Waals surface area contributed by atoms with Gasteiger partial charge in [-0.2, -0.15) is 13.2 Å². The average molecular weight is 480 g/mol. The Kier molecular flexibility index (Phi) is 6.47. The van der Waals surface area contributed by atoms with Gasteiger partial charge in [0.05, 0.1) is 37.2 Å². The van der Waals surface area contributed by atoms with E-state index in [1.807, 2.05) is 0 Å². The number of benzene rings is 1. The van der Waals surface area contributed by atoms with Crippen molar-refractivity contribution in [2.24, 2.45) is 0 Å². The number of thioether (sulfide) groups is 1. The number of carbonyl (C=O) groups excluding carboxylic acids is 1. The van der Waals surface area contributed by atoms with Gasteiger partial charge in [0.1, 0.15) is 0 Å². The predicted molar refractivity (Wildman–Crippen MR) is 114 cm³/mol. The van der Waals surface area contributed by atoms with Crippen LogP contribution in [0.3, 0.4) is 0 Å². The summed E-state index contributed by atoms with van der Waals surface area (Å²) in [5, 5.41) is 10.3. The molecule has 1 amide bonds. The zero-order valence-corrected chi connectivity index (χ0v) is 18.0. The van der Waals surface area contributed by atoms with E-state index in [9.17, 15) is 27.9 Å². The molecule has 8 nitrogen and oxygen atoms in total. The van der Waals surface area contributed by atoms with E-state index in [0.717, 1.165) is 4.57 Å². The fraction of sp³-hybridized carbons (Fsp3) is 0.286. The summed E-state index contributed by atoms with van der Waals surface area (Å²) < 4.78 is 45.1. The first-order valence-electron chi connectivity index (χ1n) is 9.90. The molecule has 33 heavy (non-hydrogen) atoms. The van der Waals surface area contributed by atoms with Crippen molar-refractivity contribution in [3.8, 4) is 11.6 Å². The third-order valence-corrected chi connectivity index (χ3v) is 5.79. The van der Waals surface area contributed by atoms with Gasteiger partial charge in [0.25, 0.3) is 5.91 Å². The Labute approximate surface area is 190 Å². The standard InChI is InChI=1S/C21H19F3N4O4S/c22-21(23,24)33-16-3-1-15(2-4-16)28-18(29)13-27(20(28)31)12-14-5-6-25-11-17(14)19(30)26-7-9-32-10-8-26/h1-6,11,13,29H,7-10,12H2. The summed E-state index contributed by atoms with van der Waals surface area (Å²) in [6.07, 6.45) is 4.15. The molecule has 0 bridgehead atoms. The maximum Gasteiger partial charge on any atom is 0.446 e. The van der Waals surface area contributed by atoms with E-state index in [4.69, 9.17) is 4.74 Å². The second-order valence-electron chi connectivity index (χ2n) is 7.21. The van der Waals surface area contributed by atoms with Crippen molar-refractivity contribution in [2.75, 3.05) is 26.3 Å². The van der Waals surface area contributed by atoms with Gasteiger partial charge in [-0.25, -0.2) is 9.36 Å². The van der Waals surface area contributed by atoms with Crippen LogP contribution in [-0.4, -0.2) is 61.8 Å². The Bertz CT molecular complexity index is 1200. The lowest BCUT2D eigenvalue weighted by Crippen LogP contribution is -2.41. The Balaban J connectivity index is 1.60. The fourth-order valence-corrected chi connectivity index (χ4v) is 4.05. The molecule has 3 heterocycles. The molecule has 174 valence electrons. The van der Waals surface area contributed by atoms with Gasteiger partial charge in [-0.3, -0.25) is 14.3 Å². The number of amides is 1. The van der Waals surface area contributed by atoms with Gasteiger partial charge in [-0.1, -0.05) is 0 Å².